The molecule has 1 N–H and O–H groups in total. The zero-order chi connectivity index (χ0) is 16.4. The normalized spacial score (nSPS) is 10.6. The van der Waals surface area contributed by atoms with E-state index in [-0.39, 0.29) is 11.7 Å². The second-order valence-corrected chi connectivity index (χ2v) is 5.15. The zero-order valence-corrected chi connectivity index (χ0v) is 12.7. The average Bonchev–Trinajstić information content (AvgIpc) is 2.95. The molecule has 116 valence electrons. The lowest BCUT2D eigenvalue weighted by molar-refractivity contribution is 0.102. The molecule has 6 heteroatoms. The van der Waals surface area contributed by atoms with Crippen LogP contribution in [-0.4, -0.2) is 20.7 Å². The van der Waals surface area contributed by atoms with Crippen molar-refractivity contribution in [1.29, 1.82) is 0 Å². The van der Waals surface area contributed by atoms with Crippen molar-refractivity contribution in [3.05, 3.63) is 71.4 Å². The molecule has 0 atom stereocenters. The van der Waals surface area contributed by atoms with E-state index < -0.39 is 0 Å². The lowest BCUT2D eigenvalue weighted by atomic mass is 10.2. The van der Waals surface area contributed by atoms with E-state index in [2.05, 4.69) is 15.4 Å². The smallest absolute Gasteiger partial charge is 0.258 e. The summed E-state index contributed by atoms with van der Waals surface area (Å²) in [6.45, 7) is 3.65. The quantitative estimate of drug-likeness (QED) is 0.807. The van der Waals surface area contributed by atoms with Crippen LogP contribution in [0.15, 0.2) is 48.7 Å². The zero-order valence-electron chi connectivity index (χ0n) is 12.7. The Labute approximate surface area is 132 Å². The maximum atomic E-state index is 13.4. The SMILES string of the molecule is Cc1ccc(C(=O)Nc2ccnn2-c2cccc(F)c2)c(C)n1. The number of aryl methyl sites for hydroxylation is 2. The predicted octanol–water partition coefficient (Wildman–Crippen LogP) is 3.28. The van der Waals surface area contributed by atoms with E-state index in [9.17, 15) is 9.18 Å². The summed E-state index contributed by atoms with van der Waals surface area (Å²) in [4.78, 5) is 16.7. The van der Waals surface area contributed by atoms with Gasteiger partial charge in [-0.3, -0.25) is 9.78 Å². The van der Waals surface area contributed by atoms with Crippen LogP contribution in [0.3, 0.4) is 0 Å². The maximum Gasteiger partial charge on any atom is 0.258 e. The molecule has 0 bridgehead atoms. The number of hydrogen-bond acceptors (Lipinski definition) is 3. The number of halogens is 1. The van der Waals surface area contributed by atoms with Crippen molar-refractivity contribution in [3.63, 3.8) is 0 Å². The molecule has 0 aliphatic rings. The van der Waals surface area contributed by atoms with Crippen LogP contribution in [0.2, 0.25) is 0 Å². The van der Waals surface area contributed by atoms with Gasteiger partial charge >= 0.3 is 0 Å². The molecule has 5 nitrogen and oxygen atoms in total. The number of amides is 1. The van der Waals surface area contributed by atoms with Gasteiger partial charge < -0.3 is 5.32 Å². The summed E-state index contributed by atoms with van der Waals surface area (Å²) in [6, 6.07) is 11.2. The highest BCUT2D eigenvalue weighted by Crippen LogP contribution is 2.17. The van der Waals surface area contributed by atoms with Crippen molar-refractivity contribution < 1.29 is 9.18 Å². The lowest BCUT2D eigenvalue weighted by Gasteiger charge is -2.10. The van der Waals surface area contributed by atoms with Crippen LogP contribution in [0.1, 0.15) is 21.7 Å². The molecule has 0 fully saturated rings. The van der Waals surface area contributed by atoms with Crippen LogP contribution in [-0.2, 0) is 0 Å². The predicted molar refractivity (Wildman–Crippen MR) is 85.2 cm³/mol. The number of nitrogens with one attached hydrogen (secondary N) is 1. The average molecular weight is 310 g/mol. The van der Waals surface area contributed by atoms with Crippen LogP contribution in [0, 0.1) is 19.7 Å². The van der Waals surface area contributed by atoms with E-state index in [1.54, 1.807) is 43.5 Å². The van der Waals surface area contributed by atoms with Gasteiger partial charge in [-0.15, -0.1) is 0 Å². The van der Waals surface area contributed by atoms with E-state index in [0.29, 0.717) is 22.8 Å². The second-order valence-electron chi connectivity index (χ2n) is 5.15. The molecular formula is C17H15FN4O. The van der Waals surface area contributed by atoms with Crippen LogP contribution in [0.25, 0.3) is 5.69 Å². The van der Waals surface area contributed by atoms with E-state index in [1.807, 2.05) is 6.92 Å². The first-order valence-electron chi connectivity index (χ1n) is 7.10. The minimum absolute atomic E-state index is 0.284. The Hall–Kier alpha value is -3.02. The number of carbonyl (C=O) groups excluding carboxylic acids is 1. The number of benzene rings is 1. The van der Waals surface area contributed by atoms with Gasteiger partial charge in [-0.25, -0.2) is 9.07 Å². The molecule has 3 aromatic rings. The van der Waals surface area contributed by atoms with Gasteiger partial charge in [0.1, 0.15) is 11.6 Å². The molecule has 0 saturated heterocycles. The monoisotopic (exact) mass is 310 g/mol. The summed E-state index contributed by atoms with van der Waals surface area (Å²) in [6.07, 6.45) is 1.54. The highest BCUT2D eigenvalue weighted by atomic mass is 19.1. The largest absolute Gasteiger partial charge is 0.306 e. The van der Waals surface area contributed by atoms with Crippen molar-refractivity contribution in [1.82, 2.24) is 14.8 Å². The number of nitrogens with zero attached hydrogens (tertiary/aromatic N) is 3. The van der Waals surface area contributed by atoms with Crippen LogP contribution in [0.4, 0.5) is 10.2 Å². The Morgan fingerprint density at radius 3 is 2.74 bits per heavy atom. The number of hydrogen-bond donors (Lipinski definition) is 1. The first kappa shape index (κ1) is 14.9. The van der Waals surface area contributed by atoms with Crippen molar-refractivity contribution in [3.8, 4) is 5.69 Å². The first-order valence-corrected chi connectivity index (χ1v) is 7.10. The van der Waals surface area contributed by atoms with Crippen molar-refractivity contribution >= 4 is 11.7 Å². The summed E-state index contributed by atoms with van der Waals surface area (Å²) < 4.78 is 14.8. The summed E-state index contributed by atoms with van der Waals surface area (Å²) in [5.41, 5.74) is 2.52. The molecule has 0 aliphatic heterocycles. The third-order valence-corrected chi connectivity index (χ3v) is 3.41. The number of carbonyl (C=O) groups is 1. The minimum Gasteiger partial charge on any atom is -0.306 e. The maximum absolute atomic E-state index is 13.4. The lowest BCUT2D eigenvalue weighted by Crippen LogP contribution is -2.17. The summed E-state index contributed by atoms with van der Waals surface area (Å²) >= 11 is 0. The van der Waals surface area contributed by atoms with Crippen molar-refractivity contribution in [2.45, 2.75) is 13.8 Å². The number of rotatable bonds is 3. The van der Waals surface area contributed by atoms with Crippen LogP contribution < -0.4 is 5.32 Å². The van der Waals surface area contributed by atoms with Crippen LogP contribution in [0.5, 0.6) is 0 Å². The Bertz CT molecular complexity index is 873. The molecule has 2 heterocycles. The van der Waals surface area contributed by atoms with Gasteiger partial charge in [0, 0.05) is 11.8 Å². The summed E-state index contributed by atoms with van der Waals surface area (Å²) in [5, 5.41) is 6.91. The van der Waals surface area contributed by atoms with Gasteiger partial charge in [0.15, 0.2) is 0 Å². The third kappa shape index (κ3) is 3.11. The molecule has 0 radical (unpaired) electrons. The Kier molecular flexibility index (Phi) is 3.89. The molecule has 23 heavy (non-hydrogen) atoms. The highest BCUT2D eigenvalue weighted by molar-refractivity contribution is 6.04. The first-order chi connectivity index (χ1) is 11.0. The summed E-state index contributed by atoms with van der Waals surface area (Å²) in [7, 11) is 0. The molecular weight excluding hydrogens is 295 g/mol. The minimum atomic E-state index is -0.367. The molecule has 2 aromatic heterocycles. The Balaban J connectivity index is 1.89. The van der Waals surface area contributed by atoms with Crippen LogP contribution >= 0.6 is 0 Å². The van der Waals surface area contributed by atoms with Crippen molar-refractivity contribution in [2.24, 2.45) is 0 Å². The molecule has 0 saturated carbocycles. The Morgan fingerprint density at radius 2 is 2.00 bits per heavy atom. The second kappa shape index (κ2) is 6.00. The van der Waals surface area contributed by atoms with E-state index in [4.69, 9.17) is 0 Å². The van der Waals surface area contributed by atoms with Gasteiger partial charge in [-0.05, 0) is 44.2 Å². The third-order valence-electron chi connectivity index (χ3n) is 3.41. The van der Waals surface area contributed by atoms with Gasteiger partial charge in [0.05, 0.1) is 23.1 Å². The Morgan fingerprint density at radius 1 is 1.17 bits per heavy atom. The van der Waals surface area contributed by atoms with E-state index in [1.165, 1.54) is 16.8 Å². The van der Waals surface area contributed by atoms with Gasteiger partial charge in [-0.2, -0.15) is 5.10 Å². The number of anilines is 1. The fourth-order valence-corrected chi connectivity index (χ4v) is 2.32. The van der Waals surface area contributed by atoms with E-state index >= 15 is 0 Å². The fourth-order valence-electron chi connectivity index (χ4n) is 2.32. The molecule has 0 unspecified atom stereocenters. The summed E-state index contributed by atoms with van der Waals surface area (Å²) in [5.74, 6) is -0.192. The molecule has 1 aromatic carbocycles. The molecule has 0 spiro atoms. The molecule has 0 aliphatic carbocycles. The van der Waals surface area contributed by atoms with Gasteiger partial charge in [-0.1, -0.05) is 6.07 Å². The molecule has 3 rings (SSSR count). The number of aromatic nitrogens is 3. The van der Waals surface area contributed by atoms with Gasteiger partial charge in [0.2, 0.25) is 0 Å². The number of pyridine rings is 1. The van der Waals surface area contributed by atoms with Crippen molar-refractivity contribution in [2.75, 3.05) is 5.32 Å². The van der Waals surface area contributed by atoms with Gasteiger partial charge in [0.25, 0.3) is 5.91 Å². The van der Waals surface area contributed by atoms with E-state index in [0.717, 1.165) is 5.69 Å². The highest BCUT2D eigenvalue weighted by Gasteiger charge is 2.13. The fraction of sp³-hybridized carbons (Fsp3) is 0.118. The molecule has 1 amide bonds. The standard InChI is InChI=1S/C17H15FN4O/c1-11-6-7-15(12(2)20-11)17(23)21-16-8-9-19-22(16)14-5-3-4-13(18)10-14/h3-10H,1-2H3,(H,21,23). The topological polar surface area (TPSA) is 59.8 Å².